The van der Waals surface area contributed by atoms with E-state index in [2.05, 4.69) is 26.6 Å². The molecule has 1 aromatic rings. The number of aryl methyl sites for hydroxylation is 2. The quantitative estimate of drug-likeness (QED) is 0.780. The zero-order chi connectivity index (χ0) is 16.9. The molecule has 1 unspecified atom stereocenters. The fourth-order valence-corrected chi connectivity index (χ4v) is 2.03. The highest BCUT2D eigenvalue weighted by Gasteiger charge is 2.28. The van der Waals surface area contributed by atoms with Crippen molar-refractivity contribution in [2.24, 2.45) is 5.41 Å². The minimum atomic E-state index is -0.276. The number of carbonyl (C=O) groups excluding carboxylic acids is 2. The third kappa shape index (κ3) is 5.79. The number of hydrogen-bond acceptors (Lipinski definition) is 2. The predicted octanol–water partition coefficient (Wildman–Crippen LogP) is 3.56. The van der Waals surface area contributed by atoms with Crippen LogP contribution in [0.5, 0.6) is 0 Å². The third-order valence-electron chi connectivity index (χ3n) is 3.31. The summed E-state index contributed by atoms with van der Waals surface area (Å²) >= 11 is 3.39. The molecule has 2 amide bonds. The van der Waals surface area contributed by atoms with E-state index in [4.69, 9.17) is 0 Å². The molecule has 0 spiro atoms. The van der Waals surface area contributed by atoms with Crippen LogP contribution in [0.4, 0.5) is 5.69 Å². The molecule has 0 bridgehead atoms. The lowest BCUT2D eigenvalue weighted by atomic mass is 9.92. The second-order valence-corrected chi connectivity index (χ2v) is 7.55. The van der Waals surface area contributed by atoms with Gasteiger partial charge in [-0.3, -0.25) is 9.59 Å². The normalized spacial score (nSPS) is 12.6. The third-order valence-corrected chi connectivity index (χ3v) is 5.10. The number of carbonyl (C=O) groups is 2. The first-order valence-corrected chi connectivity index (χ1v) is 8.31. The molecule has 0 heterocycles. The lowest BCUT2D eigenvalue weighted by Gasteiger charge is -2.24. The molecule has 0 aliphatic carbocycles. The van der Waals surface area contributed by atoms with Crippen LogP contribution in [0, 0.1) is 19.3 Å². The van der Waals surface area contributed by atoms with Crippen LogP contribution in [-0.4, -0.2) is 23.2 Å². The second-order valence-electron chi connectivity index (χ2n) is 6.64. The molecule has 122 valence electrons. The number of anilines is 1. The molecule has 4 nitrogen and oxygen atoms in total. The molecule has 0 saturated heterocycles. The number of rotatable bonds is 5. The molecule has 1 rings (SSSR count). The van der Waals surface area contributed by atoms with E-state index >= 15 is 0 Å². The van der Waals surface area contributed by atoms with Gasteiger partial charge in [0, 0.05) is 18.7 Å². The van der Waals surface area contributed by atoms with Crippen molar-refractivity contribution in [3.63, 3.8) is 0 Å². The van der Waals surface area contributed by atoms with Crippen molar-refractivity contribution >= 4 is 33.4 Å². The molecule has 0 fully saturated rings. The van der Waals surface area contributed by atoms with E-state index in [9.17, 15) is 9.59 Å². The van der Waals surface area contributed by atoms with Crippen LogP contribution in [0.3, 0.4) is 0 Å². The summed E-state index contributed by atoms with van der Waals surface area (Å²) in [5, 5.41) is 5.67. The Morgan fingerprint density at radius 2 is 1.86 bits per heavy atom. The molecule has 0 radical (unpaired) electrons. The molecule has 22 heavy (non-hydrogen) atoms. The Hall–Kier alpha value is -1.36. The van der Waals surface area contributed by atoms with Crippen molar-refractivity contribution in [1.29, 1.82) is 0 Å². The van der Waals surface area contributed by atoms with Gasteiger partial charge in [-0.2, -0.15) is 0 Å². The molecule has 0 aromatic heterocycles. The first kappa shape index (κ1) is 18.7. The Kier molecular flexibility index (Phi) is 6.60. The second kappa shape index (κ2) is 7.77. The fourth-order valence-electron chi connectivity index (χ4n) is 1.87. The minimum Gasteiger partial charge on any atom is -0.355 e. The summed E-state index contributed by atoms with van der Waals surface area (Å²) in [4.78, 5) is 23.6. The lowest BCUT2D eigenvalue weighted by molar-refractivity contribution is -0.122. The van der Waals surface area contributed by atoms with Crippen molar-refractivity contribution in [2.75, 3.05) is 11.9 Å². The van der Waals surface area contributed by atoms with Gasteiger partial charge < -0.3 is 10.6 Å². The topological polar surface area (TPSA) is 58.2 Å². The van der Waals surface area contributed by atoms with Crippen LogP contribution in [0.15, 0.2) is 18.2 Å². The molecule has 0 aliphatic heterocycles. The number of benzene rings is 1. The van der Waals surface area contributed by atoms with Gasteiger partial charge in [0.25, 0.3) is 0 Å². The Morgan fingerprint density at radius 3 is 2.45 bits per heavy atom. The molecule has 1 aromatic carbocycles. The van der Waals surface area contributed by atoms with Gasteiger partial charge in [-0.25, -0.2) is 0 Å². The Morgan fingerprint density at radius 1 is 1.23 bits per heavy atom. The maximum Gasteiger partial charge on any atom is 0.234 e. The number of halogens is 1. The summed E-state index contributed by atoms with van der Waals surface area (Å²) in [6.45, 7) is 10.2. The van der Waals surface area contributed by atoms with Crippen molar-refractivity contribution in [2.45, 2.75) is 45.9 Å². The van der Waals surface area contributed by atoms with E-state index in [1.54, 1.807) is 0 Å². The fraction of sp³-hybridized carbons (Fsp3) is 0.529. The van der Waals surface area contributed by atoms with Crippen molar-refractivity contribution in [3.05, 3.63) is 29.3 Å². The Labute approximate surface area is 141 Å². The van der Waals surface area contributed by atoms with Crippen LogP contribution in [-0.2, 0) is 9.59 Å². The van der Waals surface area contributed by atoms with E-state index in [0.29, 0.717) is 6.54 Å². The standard InChI is InChI=1S/C17H25BrN2O2/c1-11-6-7-12(2)13(10-11)20-14(21)8-9-19-16(22)15(18)17(3,4)5/h6-7,10,15H,8-9H2,1-5H3,(H,19,22)(H,20,21). The van der Waals surface area contributed by atoms with E-state index in [-0.39, 0.29) is 28.5 Å². The van der Waals surface area contributed by atoms with E-state index in [1.165, 1.54) is 0 Å². The lowest BCUT2D eigenvalue weighted by Crippen LogP contribution is -2.39. The maximum atomic E-state index is 12.0. The predicted molar refractivity (Wildman–Crippen MR) is 94.3 cm³/mol. The van der Waals surface area contributed by atoms with Crippen LogP contribution < -0.4 is 10.6 Å². The average Bonchev–Trinajstić information content (AvgIpc) is 2.40. The first-order valence-electron chi connectivity index (χ1n) is 7.40. The minimum absolute atomic E-state index is 0.0907. The van der Waals surface area contributed by atoms with Gasteiger partial charge in [-0.15, -0.1) is 0 Å². The Bertz CT molecular complexity index is 550. The van der Waals surface area contributed by atoms with E-state index in [0.717, 1.165) is 16.8 Å². The van der Waals surface area contributed by atoms with Crippen LogP contribution in [0.2, 0.25) is 0 Å². The largest absolute Gasteiger partial charge is 0.355 e. The van der Waals surface area contributed by atoms with E-state index < -0.39 is 0 Å². The summed E-state index contributed by atoms with van der Waals surface area (Å²) in [7, 11) is 0. The highest BCUT2D eigenvalue weighted by molar-refractivity contribution is 9.10. The van der Waals surface area contributed by atoms with Crippen molar-refractivity contribution < 1.29 is 9.59 Å². The van der Waals surface area contributed by atoms with Crippen molar-refractivity contribution in [1.82, 2.24) is 5.32 Å². The van der Waals surface area contributed by atoms with Crippen LogP contribution in [0.25, 0.3) is 0 Å². The maximum absolute atomic E-state index is 12.0. The average molecular weight is 369 g/mol. The summed E-state index contributed by atoms with van der Waals surface area (Å²) in [6, 6.07) is 5.93. The number of alkyl halides is 1. The smallest absolute Gasteiger partial charge is 0.234 e. The van der Waals surface area contributed by atoms with Gasteiger partial charge in [0.05, 0.1) is 4.83 Å². The molecule has 2 N–H and O–H groups in total. The number of nitrogens with one attached hydrogen (secondary N) is 2. The van der Waals surface area contributed by atoms with E-state index in [1.807, 2.05) is 52.8 Å². The summed E-state index contributed by atoms with van der Waals surface area (Å²) in [5.41, 5.74) is 2.78. The molecule has 0 aliphatic rings. The van der Waals surface area contributed by atoms with Gasteiger partial charge in [0.1, 0.15) is 0 Å². The molecule has 1 atom stereocenters. The molecule has 5 heteroatoms. The zero-order valence-corrected chi connectivity index (χ0v) is 15.5. The van der Waals surface area contributed by atoms with Gasteiger partial charge in [0.15, 0.2) is 0 Å². The summed E-state index contributed by atoms with van der Waals surface area (Å²) in [6.07, 6.45) is 0.253. The van der Waals surface area contributed by atoms with Crippen LogP contribution in [0.1, 0.15) is 38.3 Å². The number of hydrogen-bond donors (Lipinski definition) is 2. The molecule has 0 saturated carbocycles. The monoisotopic (exact) mass is 368 g/mol. The van der Waals surface area contributed by atoms with Gasteiger partial charge in [-0.05, 0) is 36.5 Å². The molecular weight excluding hydrogens is 344 g/mol. The highest BCUT2D eigenvalue weighted by Crippen LogP contribution is 2.25. The Balaban J connectivity index is 2.44. The SMILES string of the molecule is Cc1ccc(C)c(NC(=O)CCNC(=O)C(Br)C(C)(C)C)c1. The summed E-state index contributed by atoms with van der Waals surface area (Å²) in [5.74, 6) is -0.192. The zero-order valence-electron chi connectivity index (χ0n) is 13.9. The van der Waals surface area contributed by atoms with Gasteiger partial charge in [0.2, 0.25) is 11.8 Å². The first-order chi connectivity index (χ1) is 10.1. The van der Waals surface area contributed by atoms with Gasteiger partial charge >= 0.3 is 0 Å². The summed E-state index contributed by atoms with van der Waals surface area (Å²) < 4.78 is 0. The number of amides is 2. The van der Waals surface area contributed by atoms with Crippen LogP contribution >= 0.6 is 15.9 Å². The van der Waals surface area contributed by atoms with Gasteiger partial charge in [-0.1, -0.05) is 48.8 Å². The van der Waals surface area contributed by atoms with Crippen molar-refractivity contribution in [3.8, 4) is 0 Å². The molecular formula is C17H25BrN2O2. The highest BCUT2D eigenvalue weighted by atomic mass is 79.9.